The van der Waals surface area contributed by atoms with Crippen LogP contribution in [0.5, 0.6) is 5.75 Å². The molecular weight excluding hydrogens is 278 g/mol. The molecule has 1 aromatic carbocycles. The summed E-state index contributed by atoms with van der Waals surface area (Å²) < 4.78 is 5.50. The van der Waals surface area contributed by atoms with Crippen molar-refractivity contribution in [3.63, 3.8) is 0 Å². The van der Waals surface area contributed by atoms with Crippen LogP contribution in [0, 0.1) is 5.21 Å². The second-order valence-electron chi connectivity index (χ2n) is 5.78. The second-order valence-corrected chi connectivity index (χ2v) is 5.78. The molecular formula is C17H21N3O2. The molecule has 1 aromatic heterocycles. The Kier molecular flexibility index (Phi) is 4.38. The molecule has 5 heteroatoms. The number of ether oxygens (including phenoxy) is 1. The maximum atomic E-state index is 12.8. The van der Waals surface area contributed by atoms with Crippen LogP contribution in [0.25, 0.3) is 0 Å². The number of aromatic nitrogens is 1. The zero-order chi connectivity index (χ0) is 15.4. The zero-order valence-corrected chi connectivity index (χ0v) is 12.8. The van der Waals surface area contributed by atoms with Crippen LogP contribution in [0.4, 0.5) is 5.69 Å². The van der Waals surface area contributed by atoms with E-state index in [9.17, 15) is 5.21 Å². The Bertz CT molecular complexity index is 593. The lowest BCUT2D eigenvalue weighted by atomic mass is 10.2. The van der Waals surface area contributed by atoms with Crippen LogP contribution >= 0.6 is 0 Å². The maximum absolute atomic E-state index is 12.8. The van der Waals surface area contributed by atoms with Crippen LogP contribution in [0.1, 0.15) is 5.56 Å². The molecule has 0 N–H and O–H groups in total. The average molecular weight is 299 g/mol. The van der Waals surface area contributed by atoms with Gasteiger partial charge in [0.2, 0.25) is 0 Å². The number of nitrogens with zero attached hydrogens (tertiary/aromatic N) is 3. The van der Waals surface area contributed by atoms with Crippen molar-refractivity contribution in [3.05, 3.63) is 59.6 Å². The lowest BCUT2D eigenvalue weighted by molar-refractivity contribution is 0.199. The number of piperazine rings is 1. The third-order valence-corrected chi connectivity index (χ3v) is 4.15. The van der Waals surface area contributed by atoms with Crippen LogP contribution in [0.3, 0.4) is 0 Å². The molecule has 5 nitrogen and oxygen atoms in total. The normalized spacial score (nSPS) is 18.1. The number of likely N-dealkylation sites (N-methyl/N-ethyl adjacent to an activating group) is 1. The van der Waals surface area contributed by atoms with Crippen LogP contribution < -0.4 is 9.38 Å². The highest BCUT2D eigenvalue weighted by atomic mass is 16.5. The van der Waals surface area contributed by atoms with E-state index in [1.165, 1.54) is 0 Å². The van der Waals surface area contributed by atoms with Gasteiger partial charge in [-0.25, -0.2) is 0 Å². The molecule has 0 atom stereocenters. The number of hydrogen-bond donors (Lipinski definition) is 0. The van der Waals surface area contributed by atoms with Crippen molar-refractivity contribution in [1.82, 2.24) is 14.5 Å². The summed E-state index contributed by atoms with van der Waals surface area (Å²) in [6.45, 7) is 3.39. The van der Waals surface area contributed by atoms with Crippen LogP contribution in [-0.2, 0) is 6.61 Å². The molecule has 3 rings (SSSR count). The van der Waals surface area contributed by atoms with E-state index in [1.807, 2.05) is 36.4 Å². The van der Waals surface area contributed by atoms with Gasteiger partial charge < -0.3 is 14.6 Å². The first-order chi connectivity index (χ1) is 10.7. The zero-order valence-electron chi connectivity index (χ0n) is 12.8. The fourth-order valence-corrected chi connectivity index (χ4v) is 2.61. The van der Waals surface area contributed by atoms with Crippen molar-refractivity contribution in [3.8, 4) is 5.75 Å². The number of hydrogen-bond acceptors (Lipinski definition) is 4. The number of hydroxylamine groups is 2. The van der Waals surface area contributed by atoms with Gasteiger partial charge in [0.1, 0.15) is 18.0 Å². The SMILES string of the molecule is CN1CC[N+]([O-])(c2ccc(OCc3ccncc3)cc2)CC1. The van der Waals surface area contributed by atoms with E-state index in [-0.39, 0.29) is 4.65 Å². The number of quaternary nitrogens is 1. The predicted molar refractivity (Wildman–Crippen MR) is 87.4 cm³/mol. The summed E-state index contributed by atoms with van der Waals surface area (Å²) in [6, 6.07) is 11.4. The van der Waals surface area contributed by atoms with Gasteiger partial charge in [-0.05, 0) is 36.9 Å². The van der Waals surface area contributed by atoms with E-state index >= 15 is 0 Å². The minimum atomic E-state index is -0.241. The van der Waals surface area contributed by atoms with Gasteiger partial charge in [-0.2, -0.15) is 0 Å². The maximum Gasteiger partial charge on any atom is 0.133 e. The van der Waals surface area contributed by atoms with Gasteiger partial charge in [-0.15, -0.1) is 0 Å². The van der Waals surface area contributed by atoms with E-state index in [2.05, 4.69) is 16.9 Å². The minimum absolute atomic E-state index is 0.241. The van der Waals surface area contributed by atoms with Crippen molar-refractivity contribution in [2.24, 2.45) is 0 Å². The summed E-state index contributed by atoms with van der Waals surface area (Å²) in [6.07, 6.45) is 3.50. The molecule has 0 spiro atoms. The standard InChI is InChI=1S/C17H21N3O2/c1-19-10-12-20(21,13-11-19)16-2-4-17(5-3-16)22-14-15-6-8-18-9-7-15/h2-9H,10-14H2,1H3. The summed E-state index contributed by atoms with van der Waals surface area (Å²) >= 11 is 0. The van der Waals surface area contributed by atoms with Gasteiger partial charge in [-0.3, -0.25) is 9.88 Å². The first kappa shape index (κ1) is 15.0. The molecule has 0 unspecified atom stereocenters. The fourth-order valence-electron chi connectivity index (χ4n) is 2.61. The van der Waals surface area contributed by atoms with E-state index in [1.54, 1.807) is 12.4 Å². The van der Waals surface area contributed by atoms with Gasteiger partial charge in [0, 0.05) is 37.6 Å². The van der Waals surface area contributed by atoms with Crippen molar-refractivity contribution in [1.29, 1.82) is 0 Å². The van der Waals surface area contributed by atoms with Crippen LogP contribution in [-0.4, -0.2) is 43.1 Å². The molecule has 2 aromatic rings. The highest BCUT2D eigenvalue weighted by molar-refractivity contribution is 5.47. The topological polar surface area (TPSA) is 48.4 Å². The molecule has 1 saturated heterocycles. The molecule has 0 saturated carbocycles. The Hall–Kier alpha value is -1.95. The smallest absolute Gasteiger partial charge is 0.133 e. The first-order valence-corrected chi connectivity index (χ1v) is 7.55. The third kappa shape index (κ3) is 3.44. The van der Waals surface area contributed by atoms with Crippen molar-refractivity contribution < 1.29 is 4.74 Å². The van der Waals surface area contributed by atoms with E-state index < -0.39 is 0 Å². The Balaban J connectivity index is 1.63. The molecule has 1 fully saturated rings. The number of benzene rings is 1. The highest BCUT2D eigenvalue weighted by Crippen LogP contribution is 2.26. The Morgan fingerprint density at radius 2 is 1.73 bits per heavy atom. The third-order valence-electron chi connectivity index (χ3n) is 4.15. The quantitative estimate of drug-likeness (QED) is 0.642. The monoisotopic (exact) mass is 299 g/mol. The van der Waals surface area contributed by atoms with Gasteiger partial charge in [0.15, 0.2) is 0 Å². The van der Waals surface area contributed by atoms with E-state index in [0.29, 0.717) is 19.7 Å². The first-order valence-electron chi connectivity index (χ1n) is 7.55. The minimum Gasteiger partial charge on any atom is -0.627 e. The molecule has 1 aliphatic heterocycles. The molecule has 0 bridgehead atoms. The van der Waals surface area contributed by atoms with Crippen molar-refractivity contribution in [2.75, 3.05) is 33.2 Å². The molecule has 0 radical (unpaired) electrons. The van der Waals surface area contributed by atoms with Crippen molar-refractivity contribution in [2.45, 2.75) is 6.61 Å². The van der Waals surface area contributed by atoms with Crippen molar-refractivity contribution >= 4 is 5.69 Å². The Morgan fingerprint density at radius 3 is 2.36 bits per heavy atom. The summed E-state index contributed by atoms with van der Waals surface area (Å²) in [5, 5.41) is 12.8. The van der Waals surface area contributed by atoms with E-state index in [0.717, 1.165) is 30.1 Å². The summed E-state index contributed by atoms with van der Waals surface area (Å²) in [5.74, 6) is 0.779. The van der Waals surface area contributed by atoms with E-state index in [4.69, 9.17) is 4.74 Å². The largest absolute Gasteiger partial charge is 0.627 e. The molecule has 0 aliphatic carbocycles. The summed E-state index contributed by atoms with van der Waals surface area (Å²) in [7, 11) is 2.06. The summed E-state index contributed by atoms with van der Waals surface area (Å²) in [5.41, 5.74) is 1.88. The second kappa shape index (κ2) is 6.44. The lowest BCUT2D eigenvalue weighted by Gasteiger charge is -2.47. The van der Waals surface area contributed by atoms with Crippen LogP contribution in [0.2, 0.25) is 0 Å². The Labute approximate surface area is 130 Å². The lowest BCUT2D eigenvalue weighted by Crippen LogP contribution is -2.56. The fraction of sp³-hybridized carbons (Fsp3) is 0.353. The Morgan fingerprint density at radius 1 is 1.09 bits per heavy atom. The number of rotatable bonds is 4. The predicted octanol–water partition coefficient (Wildman–Crippen LogP) is 2.41. The average Bonchev–Trinajstić information content (AvgIpc) is 2.57. The molecule has 1 aliphatic rings. The van der Waals surface area contributed by atoms with Crippen LogP contribution in [0.15, 0.2) is 48.8 Å². The molecule has 22 heavy (non-hydrogen) atoms. The van der Waals surface area contributed by atoms with Gasteiger partial charge in [0.05, 0.1) is 13.1 Å². The molecule has 2 heterocycles. The number of pyridine rings is 1. The van der Waals surface area contributed by atoms with Gasteiger partial charge >= 0.3 is 0 Å². The van der Waals surface area contributed by atoms with Gasteiger partial charge in [-0.1, -0.05) is 0 Å². The molecule has 0 amide bonds. The van der Waals surface area contributed by atoms with Gasteiger partial charge in [0.25, 0.3) is 0 Å². The summed E-state index contributed by atoms with van der Waals surface area (Å²) in [4.78, 5) is 6.18. The molecule has 116 valence electrons. The highest BCUT2D eigenvalue weighted by Gasteiger charge is 2.25.